The monoisotopic (exact) mass is 321 g/mol. The van der Waals surface area contributed by atoms with Crippen molar-refractivity contribution < 1.29 is 14.6 Å². The first-order valence-corrected chi connectivity index (χ1v) is 8.69. The molecule has 0 amide bonds. The van der Waals surface area contributed by atoms with E-state index in [1.54, 1.807) is 0 Å². The molecule has 0 aromatic heterocycles. The first kappa shape index (κ1) is 18.2. The number of rotatable bonds is 8. The summed E-state index contributed by atoms with van der Waals surface area (Å²) in [6.07, 6.45) is 1.84. The number of nitrogens with one attached hydrogen (secondary N) is 1. The summed E-state index contributed by atoms with van der Waals surface area (Å²) in [6.45, 7) is 9.73. The van der Waals surface area contributed by atoms with Gasteiger partial charge >= 0.3 is 0 Å². The third-order valence-corrected chi connectivity index (χ3v) is 4.64. The van der Waals surface area contributed by atoms with Gasteiger partial charge in [-0.1, -0.05) is 26.0 Å². The molecule has 1 saturated heterocycles. The lowest BCUT2D eigenvalue weighted by molar-refractivity contribution is -0.0163. The van der Waals surface area contributed by atoms with Gasteiger partial charge in [-0.15, -0.1) is 0 Å². The van der Waals surface area contributed by atoms with Crippen LogP contribution in [0.25, 0.3) is 0 Å². The summed E-state index contributed by atoms with van der Waals surface area (Å²) in [5, 5.41) is 13.3. The van der Waals surface area contributed by atoms with Crippen molar-refractivity contribution in [2.45, 2.75) is 39.7 Å². The van der Waals surface area contributed by atoms with E-state index in [0.29, 0.717) is 5.92 Å². The molecular formula is C19H31NO3. The van der Waals surface area contributed by atoms with Crippen molar-refractivity contribution in [3.05, 3.63) is 29.8 Å². The third kappa shape index (κ3) is 5.48. The van der Waals surface area contributed by atoms with E-state index >= 15 is 0 Å². The van der Waals surface area contributed by atoms with Crippen LogP contribution in [0.15, 0.2) is 24.3 Å². The fourth-order valence-corrected chi connectivity index (χ4v) is 2.80. The molecule has 1 aromatic carbocycles. The third-order valence-electron chi connectivity index (χ3n) is 4.64. The van der Waals surface area contributed by atoms with Crippen molar-refractivity contribution in [3.63, 3.8) is 0 Å². The van der Waals surface area contributed by atoms with Crippen LogP contribution in [-0.2, 0) is 4.74 Å². The largest absolute Gasteiger partial charge is 0.493 e. The Morgan fingerprint density at radius 3 is 2.39 bits per heavy atom. The van der Waals surface area contributed by atoms with Gasteiger partial charge in [0.25, 0.3) is 0 Å². The average molecular weight is 321 g/mol. The molecule has 2 rings (SSSR count). The molecule has 0 spiro atoms. The molecule has 4 heteroatoms. The minimum Gasteiger partial charge on any atom is -0.493 e. The van der Waals surface area contributed by atoms with Crippen LogP contribution >= 0.6 is 0 Å². The van der Waals surface area contributed by atoms with Crippen molar-refractivity contribution in [2.24, 2.45) is 11.3 Å². The topological polar surface area (TPSA) is 50.7 Å². The molecule has 1 aliphatic heterocycles. The summed E-state index contributed by atoms with van der Waals surface area (Å²) in [5.74, 6) is 1.45. The Morgan fingerprint density at radius 2 is 1.83 bits per heavy atom. The van der Waals surface area contributed by atoms with E-state index < -0.39 is 0 Å². The van der Waals surface area contributed by atoms with Gasteiger partial charge in [0.15, 0.2) is 0 Å². The average Bonchev–Trinajstić information content (AvgIpc) is 2.59. The quantitative estimate of drug-likeness (QED) is 0.772. The molecule has 23 heavy (non-hydrogen) atoms. The molecule has 4 nitrogen and oxygen atoms in total. The van der Waals surface area contributed by atoms with Crippen molar-refractivity contribution in [2.75, 3.05) is 33.0 Å². The van der Waals surface area contributed by atoms with Gasteiger partial charge in [-0.05, 0) is 43.4 Å². The summed E-state index contributed by atoms with van der Waals surface area (Å²) >= 11 is 0. The minimum atomic E-state index is -0.0349. The fraction of sp³-hybridized carbons (Fsp3) is 0.684. The summed E-state index contributed by atoms with van der Waals surface area (Å²) in [6, 6.07) is 8.55. The minimum absolute atomic E-state index is 0.0349. The van der Waals surface area contributed by atoms with E-state index in [-0.39, 0.29) is 18.1 Å². The molecule has 0 bridgehead atoms. The molecule has 0 radical (unpaired) electrons. The molecule has 0 saturated carbocycles. The Morgan fingerprint density at radius 1 is 1.17 bits per heavy atom. The van der Waals surface area contributed by atoms with Gasteiger partial charge in [-0.25, -0.2) is 0 Å². The van der Waals surface area contributed by atoms with Crippen molar-refractivity contribution in [1.82, 2.24) is 5.32 Å². The van der Waals surface area contributed by atoms with Gasteiger partial charge in [0.1, 0.15) is 5.75 Å². The smallest absolute Gasteiger partial charge is 0.119 e. The maximum Gasteiger partial charge on any atom is 0.119 e. The fourth-order valence-electron chi connectivity index (χ4n) is 2.80. The SMILES string of the molecule is CC(C)COc1ccc(C(C)NCC2(CO)CCOCC2)cc1. The van der Waals surface area contributed by atoms with Gasteiger partial charge in [-0.3, -0.25) is 0 Å². The first-order valence-electron chi connectivity index (χ1n) is 8.69. The number of ether oxygens (including phenoxy) is 2. The summed E-state index contributed by atoms with van der Waals surface area (Å²) in [4.78, 5) is 0. The summed E-state index contributed by atoms with van der Waals surface area (Å²) in [7, 11) is 0. The maximum absolute atomic E-state index is 9.75. The highest BCUT2D eigenvalue weighted by Gasteiger charge is 2.32. The Balaban J connectivity index is 1.86. The van der Waals surface area contributed by atoms with Crippen LogP contribution in [0, 0.1) is 11.3 Å². The zero-order valence-corrected chi connectivity index (χ0v) is 14.7. The highest BCUT2D eigenvalue weighted by atomic mass is 16.5. The number of benzene rings is 1. The second-order valence-electron chi connectivity index (χ2n) is 7.15. The van der Waals surface area contributed by atoms with Gasteiger partial charge in [0.05, 0.1) is 13.2 Å². The maximum atomic E-state index is 9.75. The second-order valence-corrected chi connectivity index (χ2v) is 7.15. The van der Waals surface area contributed by atoms with Crippen molar-refractivity contribution in [3.8, 4) is 5.75 Å². The van der Waals surface area contributed by atoms with Gasteiger partial charge in [0.2, 0.25) is 0 Å². The highest BCUT2D eigenvalue weighted by Crippen LogP contribution is 2.30. The standard InChI is InChI=1S/C19H31NO3/c1-15(2)12-23-18-6-4-17(5-7-18)16(3)20-13-19(14-21)8-10-22-11-9-19/h4-7,15-16,20-21H,8-14H2,1-3H3. The van der Waals surface area contributed by atoms with Crippen LogP contribution in [0.3, 0.4) is 0 Å². The van der Waals surface area contributed by atoms with E-state index in [2.05, 4.69) is 38.2 Å². The normalized spacial score (nSPS) is 18.8. The highest BCUT2D eigenvalue weighted by molar-refractivity contribution is 5.29. The number of hydrogen-bond acceptors (Lipinski definition) is 4. The first-order chi connectivity index (χ1) is 11.0. The number of aliphatic hydroxyl groups excluding tert-OH is 1. The molecular weight excluding hydrogens is 290 g/mol. The molecule has 1 fully saturated rings. The van der Waals surface area contributed by atoms with Crippen molar-refractivity contribution in [1.29, 1.82) is 0 Å². The van der Waals surface area contributed by atoms with Crippen LogP contribution < -0.4 is 10.1 Å². The van der Waals surface area contributed by atoms with Crippen LogP contribution in [-0.4, -0.2) is 38.1 Å². The summed E-state index contributed by atoms with van der Waals surface area (Å²) in [5.41, 5.74) is 1.20. The Kier molecular flexibility index (Phi) is 6.88. The van der Waals surface area contributed by atoms with Crippen LogP contribution in [0.2, 0.25) is 0 Å². The molecule has 1 aliphatic rings. The van der Waals surface area contributed by atoms with E-state index in [1.165, 1.54) is 5.56 Å². The number of hydrogen-bond donors (Lipinski definition) is 2. The molecule has 1 unspecified atom stereocenters. The predicted molar refractivity (Wildman–Crippen MR) is 92.8 cm³/mol. The zero-order chi connectivity index (χ0) is 16.7. The predicted octanol–water partition coefficient (Wildman–Crippen LogP) is 3.16. The molecule has 1 aromatic rings. The number of aliphatic hydroxyl groups is 1. The molecule has 1 atom stereocenters. The van der Waals surface area contributed by atoms with E-state index in [4.69, 9.17) is 9.47 Å². The molecule has 0 aliphatic carbocycles. The van der Waals surface area contributed by atoms with E-state index in [1.807, 2.05) is 12.1 Å². The zero-order valence-electron chi connectivity index (χ0n) is 14.7. The lowest BCUT2D eigenvalue weighted by Gasteiger charge is -2.36. The van der Waals surface area contributed by atoms with Crippen molar-refractivity contribution >= 4 is 0 Å². The Labute approximate surface area is 140 Å². The van der Waals surface area contributed by atoms with Crippen LogP contribution in [0.4, 0.5) is 0 Å². The van der Waals surface area contributed by atoms with Crippen LogP contribution in [0.5, 0.6) is 5.75 Å². The molecule has 1 heterocycles. The van der Waals surface area contributed by atoms with E-state index in [9.17, 15) is 5.11 Å². The second kappa shape index (κ2) is 8.67. The Bertz CT molecular complexity index is 452. The molecule has 2 N–H and O–H groups in total. The van der Waals surface area contributed by atoms with Gasteiger partial charge < -0.3 is 19.9 Å². The van der Waals surface area contributed by atoms with Gasteiger partial charge in [-0.2, -0.15) is 0 Å². The Hall–Kier alpha value is -1.10. The van der Waals surface area contributed by atoms with Gasteiger partial charge in [0, 0.05) is 31.2 Å². The lowest BCUT2D eigenvalue weighted by Crippen LogP contribution is -2.42. The summed E-state index contributed by atoms with van der Waals surface area (Å²) < 4.78 is 11.1. The van der Waals surface area contributed by atoms with Crippen LogP contribution in [0.1, 0.15) is 45.2 Å². The lowest BCUT2D eigenvalue weighted by atomic mass is 9.80. The van der Waals surface area contributed by atoms with E-state index in [0.717, 1.165) is 45.0 Å². The molecule has 130 valence electrons.